The van der Waals surface area contributed by atoms with E-state index in [9.17, 15) is 70.9 Å². The van der Waals surface area contributed by atoms with Crippen molar-refractivity contribution in [1.82, 2.24) is 0 Å². The van der Waals surface area contributed by atoms with E-state index in [1.165, 1.54) is 0 Å². The minimum Gasteiger partial charge on any atom is -0.542 e. The Bertz CT molecular complexity index is 757. The predicted molar refractivity (Wildman–Crippen MR) is 106 cm³/mol. The number of carboxylic acids is 1. The van der Waals surface area contributed by atoms with E-state index in [0.717, 1.165) is 0 Å². The Hall–Kier alpha value is -0.460. The molecular formula is C19H31NaO18. The second-order valence-corrected chi connectivity index (χ2v) is 8.52. The molecule has 38 heavy (non-hydrogen) atoms. The van der Waals surface area contributed by atoms with Crippen molar-refractivity contribution >= 4 is 11.8 Å². The van der Waals surface area contributed by atoms with Gasteiger partial charge in [0, 0.05) is 0 Å². The maximum Gasteiger partial charge on any atom is 1.00 e. The largest absolute Gasteiger partial charge is 1.00 e. The summed E-state index contributed by atoms with van der Waals surface area (Å²) in [5.41, 5.74) is 0. The Kier molecular flexibility index (Phi) is 14.5. The number of Topliss-reactive ketones (excluding diaryl/α,β-unsaturated/α-hetero) is 1. The second-order valence-electron chi connectivity index (χ2n) is 8.52. The van der Waals surface area contributed by atoms with Gasteiger partial charge in [-0.1, -0.05) is 0 Å². The zero-order chi connectivity index (χ0) is 28.2. The molecule has 0 bridgehead atoms. The van der Waals surface area contributed by atoms with E-state index < -0.39 is 117 Å². The zero-order valence-corrected chi connectivity index (χ0v) is 22.0. The number of ether oxygens (including phenoxy) is 4. The topological polar surface area (TPSA) is 317 Å². The normalized spacial score (nSPS) is 38.9. The molecule has 0 aromatic rings. The number of hydrogen-bond acceptors (Lipinski definition) is 18. The monoisotopic (exact) mass is 570 g/mol. The Morgan fingerprint density at radius 2 is 1.21 bits per heavy atom. The number of hydrogen-bond donors (Lipinski definition) is 11. The number of rotatable bonds is 12. The van der Waals surface area contributed by atoms with Crippen LogP contribution in [0.4, 0.5) is 0 Å². The van der Waals surface area contributed by atoms with Gasteiger partial charge in [0.2, 0.25) is 5.78 Å². The van der Waals surface area contributed by atoms with E-state index in [0.29, 0.717) is 0 Å². The first-order valence-corrected chi connectivity index (χ1v) is 10.9. The van der Waals surface area contributed by atoms with E-state index >= 15 is 0 Å². The van der Waals surface area contributed by atoms with Gasteiger partial charge in [0.25, 0.3) is 0 Å². The molecule has 14 atom stereocenters. The SMILES string of the molecule is O=C([O-])C(=O)[C@H](O)[C@@H](O)[C@H](O)[C@H](O)CO[C@H]1O[C@H](CO[C@H]2O[C@H](CO)[C@@H](O)[C@H](O)[C@H]2O)[C@@H](O)[C@H](O)[C@H]1O.[Na+]. The number of carbonyl (C=O) groups is 2. The van der Waals surface area contributed by atoms with E-state index in [4.69, 9.17) is 18.9 Å². The number of ketones is 1. The smallest absolute Gasteiger partial charge is 0.542 e. The molecular weight excluding hydrogens is 539 g/mol. The summed E-state index contributed by atoms with van der Waals surface area (Å²) in [7, 11) is 0. The van der Waals surface area contributed by atoms with Gasteiger partial charge >= 0.3 is 29.6 Å². The number of carboxylic acid groups (broad SMARTS) is 1. The molecule has 0 saturated carbocycles. The van der Waals surface area contributed by atoms with Crippen LogP contribution in [-0.2, 0) is 28.5 Å². The number of carbonyl (C=O) groups excluding carboxylic acids is 2. The summed E-state index contributed by atoms with van der Waals surface area (Å²) in [5, 5.41) is 119. The summed E-state index contributed by atoms with van der Waals surface area (Å²) in [6, 6.07) is 0. The quantitative estimate of drug-likeness (QED) is 0.0766. The minimum atomic E-state index is -2.65. The molecule has 19 heteroatoms. The van der Waals surface area contributed by atoms with Crippen molar-refractivity contribution in [3.63, 3.8) is 0 Å². The van der Waals surface area contributed by atoms with Gasteiger partial charge in [-0.05, 0) is 0 Å². The average molecular weight is 570 g/mol. The molecule has 216 valence electrons. The molecule has 18 nitrogen and oxygen atoms in total. The fraction of sp³-hybridized carbons (Fsp3) is 0.895. The van der Waals surface area contributed by atoms with Crippen molar-refractivity contribution in [3.05, 3.63) is 0 Å². The summed E-state index contributed by atoms with van der Waals surface area (Å²) in [5.74, 6) is -4.32. The van der Waals surface area contributed by atoms with Crippen LogP contribution in [0, 0.1) is 0 Å². The van der Waals surface area contributed by atoms with E-state index in [1.807, 2.05) is 0 Å². The van der Waals surface area contributed by atoms with E-state index in [-0.39, 0.29) is 29.6 Å². The molecule has 0 unspecified atom stereocenters. The molecule has 11 N–H and O–H groups in total. The van der Waals surface area contributed by atoms with Crippen molar-refractivity contribution < 1.29 is 119 Å². The van der Waals surface area contributed by atoms with Crippen molar-refractivity contribution in [1.29, 1.82) is 0 Å². The number of aliphatic hydroxyl groups is 11. The number of aliphatic carboxylic acids is 1. The number of aliphatic hydroxyl groups excluding tert-OH is 11. The molecule has 2 aliphatic rings. The molecule has 2 rings (SSSR count). The van der Waals surface area contributed by atoms with E-state index in [2.05, 4.69) is 0 Å². The Labute approximate surface area is 236 Å². The molecule has 0 spiro atoms. The standard InChI is InChI=1S/C19H32O18.Na/c20-1-5-8(23)11(26)15(30)19(36-5)35-3-6-9(24)12(27)16(31)18(37-6)34-2-4(21)7(22)10(25)13(28)14(29)17(32)33;/h4-13,15-16,18-28,30-31H,1-3H2,(H,32,33);/q;+1/p-1/t4-,5-,6-,7-,8-,9-,10+,11+,12+,13-,15-,16-,18+,19+;/m1./s1. The van der Waals surface area contributed by atoms with Crippen molar-refractivity contribution in [2.24, 2.45) is 0 Å². The first-order valence-electron chi connectivity index (χ1n) is 10.9. The molecule has 0 radical (unpaired) electrons. The first kappa shape index (κ1) is 35.6. The van der Waals surface area contributed by atoms with Crippen LogP contribution in [-0.4, -0.2) is 174 Å². The average Bonchev–Trinajstić information content (AvgIpc) is 2.88. The Morgan fingerprint density at radius 1 is 0.737 bits per heavy atom. The molecule has 2 saturated heterocycles. The van der Waals surface area contributed by atoms with Crippen molar-refractivity contribution in [2.45, 2.75) is 85.8 Å². The second kappa shape index (κ2) is 15.5. The third-order valence-electron chi connectivity index (χ3n) is 5.91. The minimum absolute atomic E-state index is 0. The van der Waals surface area contributed by atoms with Gasteiger partial charge in [-0.3, -0.25) is 4.79 Å². The summed E-state index contributed by atoms with van der Waals surface area (Å²) in [6.07, 6.45) is -26.6. The van der Waals surface area contributed by atoms with Gasteiger partial charge < -0.3 is 85.0 Å². The fourth-order valence-electron chi connectivity index (χ4n) is 3.57. The van der Waals surface area contributed by atoms with Crippen LogP contribution in [0.2, 0.25) is 0 Å². The fourth-order valence-corrected chi connectivity index (χ4v) is 3.57. The van der Waals surface area contributed by atoms with Crippen LogP contribution in [0.15, 0.2) is 0 Å². The molecule has 0 aromatic carbocycles. The molecule has 0 amide bonds. The maximum atomic E-state index is 11.2. The molecule has 2 fully saturated rings. The van der Waals surface area contributed by atoms with Crippen LogP contribution in [0.1, 0.15) is 0 Å². The third kappa shape index (κ3) is 8.28. The van der Waals surface area contributed by atoms with Gasteiger partial charge in [-0.2, -0.15) is 0 Å². The Morgan fingerprint density at radius 3 is 1.71 bits per heavy atom. The van der Waals surface area contributed by atoms with Crippen LogP contribution < -0.4 is 34.7 Å². The van der Waals surface area contributed by atoms with Crippen LogP contribution >= 0.6 is 0 Å². The van der Waals surface area contributed by atoms with Gasteiger partial charge in [0.15, 0.2) is 12.6 Å². The molecule has 2 heterocycles. The zero-order valence-electron chi connectivity index (χ0n) is 20.0. The summed E-state index contributed by atoms with van der Waals surface area (Å²) in [4.78, 5) is 21.6. The van der Waals surface area contributed by atoms with Crippen molar-refractivity contribution in [3.8, 4) is 0 Å². The molecule has 0 aromatic heterocycles. The van der Waals surface area contributed by atoms with Crippen LogP contribution in [0.3, 0.4) is 0 Å². The summed E-state index contributed by atoms with van der Waals surface area (Å²) in [6.45, 7) is -2.39. The van der Waals surface area contributed by atoms with Crippen LogP contribution in [0.25, 0.3) is 0 Å². The molecule has 0 aliphatic carbocycles. The predicted octanol–water partition coefficient (Wildman–Crippen LogP) is -12.6. The first-order chi connectivity index (χ1) is 17.2. The van der Waals surface area contributed by atoms with Gasteiger partial charge in [-0.15, -0.1) is 0 Å². The summed E-state index contributed by atoms with van der Waals surface area (Å²) >= 11 is 0. The van der Waals surface area contributed by atoms with Gasteiger partial charge in [0.05, 0.1) is 19.8 Å². The third-order valence-corrected chi connectivity index (χ3v) is 5.91. The van der Waals surface area contributed by atoms with E-state index in [1.54, 1.807) is 0 Å². The van der Waals surface area contributed by atoms with Gasteiger partial charge in [-0.25, -0.2) is 0 Å². The Balaban J connectivity index is 0.00000722. The molecule has 2 aliphatic heterocycles. The van der Waals surface area contributed by atoms with Crippen LogP contribution in [0.5, 0.6) is 0 Å². The summed E-state index contributed by atoms with van der Waals surface area (Å²) < 4.78 is 20.7. The van der Waals surface area contributed by atoms with Gasteiger partial charge in [0.1, 0.15) is 79.2 Å². The van der Waals surface area contributed by atoms with Crippen molar-refractivity contribution in [2.75, 3.05) is 19.8 Å². The maximum absolute atomic E-state index is 11.2.